The predicted octanol–water partition coefficient (Wildman–Crippen LogP) is 3.79. The van der Waals surface area contributed by atoms with Crippen molar-refractivity contribution in [3.8, 4) is 0 Å². The van der Waals surface area contributed by atoms with Crippen molar-refractivity contribution in [1.82, 2.24) is 0 Å². The van der Waals surface area contributed by atoms with Crippen LogP contribution < -0.4 is 0 Å². The number of benzene rings is 1. The lowest BCUT2D eigenvalue weighted by atomic mass is 9.90. The molecule has 0 saturated carbocycles. The molecular formula is C26H37FO8S. The summed E-state index contributed by atoms with van der Waals surface area (Å²) in [6.07, 6.45) is -6.54. The highest BCUT2D eigenvalue weighted by Gasteiger charge is 2.53. The maximum atomic E-state index is 15.1. The fourth-order valence-corrected chi connectivity index (χ4v) is 5.58. The van der Waals surface area contributed by atoms with Crippen molar-refractivity contribution >= 4 is 24.0 Å². The fourth-order valence-electron chi connectivity index (χ4n) is 4.38. The Morgan fingerprint density at radius 2 is 1.61 bits per heavy atom. The second kappa shape index (κ2) is 12.3. The average molecular weight is 529 g/mol. The minimum absolute atomic E-state index is 0.497. The van der Waals surface area contributed by atoms with Crippen LogP contribution in [0.2, 0.25) is 0 Å². The number of carbonyl (C=O) groups excluding carboxylic acids is 2. The van der Waals surface area contributed by atoms with Crippen LogP contribution in [-0.4, -0.2) is 81.0 Å². The third-order valence-corrected chi connectivity index (χ3v) is 7.74. The quantitative estimate of drug-likeness (QED) is 0.369. The summed E-state index contributed by atoms with van der Waals surface area (Å²) in [5.74, 6) is -1.18. The molecular weight excluding hydrogens is 491 g/mol. The number of esters is 1. The van der Waals surface area contributed by atoms with Gasteiger partial charge in [-0.2, -0.15) is 0 Å². The molecule has 3 rings (SSSR count). The Bertz CT molecular complexity index is 865. The molecule has 10 atom stereocenters. The van der Waals surface area contributed by atoms with E-state index in [4.69, 9.17) is 28.4 Å². The number of rotatable bonds is 8. The highest BCUT2D eigenvalue weighted by Crippen LogP contribution is 2.40. The monoisotopic (exact) mass is 528 g/mol. The molecule has 0 aromatic heterocycles. The van der Waals surface area contributed by atoms with Gasteiger partial charge in [-0.1, -0.05) is 18.2 Å². The van der Waals surface area contributed by atoms with Gasteiger partial charge in [0, 0.05) is 19.1 Å². The zero-order valence-electron chi connectivity index (χ0n) is 21.8. The van der Waals surface area contributed by atoms with Crippen molar-refractivity contribution in [2.75, 3.05) is 14.2 Å². The van der Waals surface area contributed by atoms with E-state index in [1.165, 1.54) is 26.0 Å². The van der Waals surface area contributed by atoms with Crippen molar-refractivity contribution in [3.05, 3.63) is 30.3 Å². The third kappa shape index (κ3) is 6.46. The topological polar surface area (TPSA) is 89.5 Å². The molecule has 2 heterocycles. The molecule has 202 valence electrons. The van der Waals surface area contributed by atoms with E-state index in [0.717, 1.165) is 11.2 Å². The number of carbonyl (C=O) groups is 2. The van der Waals surface area contributed by atoms with Crippen molar-refractivity contribution in [2.45, 2.75) is 94.0 Å². The van der Waals surface area contributed by atoms with Crippen molar-refractivity contribution in [1.29, 1.82) is 0 Å². The number of ether oxygens (including phenoxy) is 6. The Balaban J connectivity index is 1.89. The summed E-state index contributed by atoms with van der Waals surface area (Å²) in [6.45, 7) is 8.59. The maximum Gasteiger partial charge on any atom is 0.311 e. The van der Waals surface area contributed by atoms with E-state index in [1.807, 2.05) is 30.3 Å². The van der Waals surface area contributed by atoms with Gasteiger partial charge >= 0.3 is 5.97 Å². The van der Waals surface area contributed by atoms with Gasteiger partial charge in [0.05, 0.1) is 28.8 Å². The molecule has 10 heteroatoms. The van der Waals surface area contributed by atoms with Crippen LogP contribution in [0.3, 0.4) is 0 Å². The van der Waals surface area contributed by atoms with E-state index in [2.05, 4.69) is 0 Å². The normalized spacial score (nSPS) is 37.3. The summed E-state index contributed by atoms with van der Waals surface area (Å²) in [7, 11) is 2.94. The molecule has 2 aliphatic rings. The molecule has 2 fully saturated rings. The second-order valence-corrected chi connectivity index (χ2v) is 11.4. The number of hydrogen-bond acceptors (Lipinski definition) is 9. The Labute approximate surface area is 216 Å². The van der Waals surface area contributed by atoms with Gasteiger partial charge in [-0.05, 0) is 46.8 Å². The van der Waals surface area contributed by atoms with Crippen molar-refractivity contribution in [3.63, 3.8) is 0 Å². The standard InChI is InChI=1S/C26H37FO8S/c1-14-17(13-28)19(30-6)21(35-25(29)26(3,4)5)24(33-14)34-18-15(2)32-23(27)22(20(18)31-7)36-16-11-9-8-10-12-16/h8-15,17-24H,1-7H3. The van der Waals surface area contributed by atoms with Crippen LogP contribution in [0.15, 0.2) is 35.2 Å². The lowest BCUT2D eigenvalue weighted by molar-refractivity contribution is -0.325. The molecule has 8 nitrogen and oxygen atoms in total. The fraction of sp³-hybridized carbons (Fsp3) is 0.692. The van der Waals surface area contributed by atoms with Gasteiger partial charge in [0.15, 0.2) is 12.4 Å². The van der Waals surface area contributed by atoms with Gasteiger partial charge in [-0.25, -0.2) is 4.39 Å². The molecule has 0 amide bonds. The van der Waals surface area contributed by atoms with Gasteiger partial charge in [0.1, 0.15) is 24.6 Å². The highest BCUT2D eigenvalue weighted by molar-refractivity contribution is 8.00. The molecule has 1 aromatic rings. The lowest BCUT2D eigenvalue weighted by Gasteiger charge is -2.47. The second-order valence-electron chi connectivity index (χ2n) is 10.1. The summed E-state index contributed by atoms with van der Waals surface area (Å²) in [5.41, 5.74) is -0.808. The number of alkyl halides is 1. The molecule has 0 N–H and O–H groups in total. The first-order valence-electron chi connectivity index (χ1n) is 12.1. The summed E-state index contributed by atoms with van der Waals surface area (Å²) in [4.78, 5) is 25.5. The van der Waals surface area contributed by atoms with Gasteiger partial charge in [-0.3, -0.25) is 4.79 Å². The van der Waals surface area contributed by atoms with E-state index in [1.54, 1.807) is 34.6 Å². The van der Waals surface area contributed by atoms with E-state index in [0.29, 0.717) is 0 Å². The predicted molar refractivity (Wildman–Crippen MR) is 131 cm³/mol. The number of aldehydes is 1. The molecule has 2 saturated heterocycles. The van der Waals surface area contributed by atoms with E-state index in [9.17, 15) is 9.59 Å². The Morgan fingerprint density at radius 3 is 2.17 bits per heavy atom. The van der Waals surface area contributed by atoms with E-state index >= 15 is 4.39 Å². The smallest absolute Gasteiger partial charge is 0.311 e. The van der Waals surface area contributed by atoms with Crippen molar-refractivity contribution in [2.24, 2.45) is 11.3 Å². The highest BCUT2D eigenvalue weighted by atomic mass is 32.2. The molecule has 1 aromatic carbocycles. The summed E-state index contributed by atoms with van der Waals surface area (Å²) in [5, 5.41) is -0.726. The SMILES string of the molecule is COC1C(C=O)C(C)OC(OC2C(C)OC(F)C(Sc3ccccc3)C2OC)C1OC(=O)C(C)(C)C. The van der Waals surface area contributed by atoms with Crippen LogP contribution in [0.25, 0.3) is 0 Å². The first-order chi connectivity index (χ1) is 17.0. The average Bonchev–Trinajstić information content (AvgIpc) is 2.83. The molecule has 10 unspecified atom stereocenters. The van der Waals surface area contributed by atoms with Crippen molar-refractivity contribution < 1.29 is 42.4 Å². The van der Waals surface area contributed by atoms with Gasteiger partial charge < -0.3 is 33.2 Å². The lowest BCUT2D eigenvalue weighted by Crippen LogP contribution is -2.62. The molecule has 0 spiro atoms. The van der Waals surface area contributed by atoms with Crippen LogP contribution in [0.1, 0.15) is 34.6 Å². The Hall–Kier alpha value is -1.56. The molecule has 36 heavy (non-hydrogen) atoms. The molecule has 0 bridgehead atoms. The molecule has 2 aliphatic heterocycles. The van der Waals surface area contributed by atoms with Gasteiger partial charge in [0.25, 0.3) is 0 Å². The zero-order valence-corrected chi connectivity index (χ0v) is 22.6. The number of methoxy groups -OCH3 is 2. The minimum atomic E-state index is -1.60. The van der Waals surface area contributed by atoms with Crippen LogP contribution in [0.4, 0.5) is 4.39 Å². The largest absolute Gasteiger partial charge is 0.454 e. The molecule has 0 radical (unpaired) electrons. The zero-order chi connectivity index (χ0) is 26.6. The van der Waals surface area contributed by atoms with Gasteiger partial charge in [0.2, 0.25) is 6.36 Å². The first-order valence-corrected chi connectivity index (χ1v) is 12.9. The Morgan fingerprint density at radius 1 is 0.972 bits per heavy atom. The van der Waals surface area contributed by atoms with Crippen LogP contribution >= 0.6 is 11.8 Å². The van der Waals surface area contributed by atoms with E-state index < -0.39 is 71.8 Å². The van der Waals surface area contributed by atoms with Crippen LogP contribution in [0, 0.1) is 11.3 Å². The van der Waals surface area contributed by atoms with Crippen LogP contribution in [0.5, 0.6) is 0 Å². The molecule has 0 aliphatic carbocycles. The minimum Gasteiger partial charge on any atom is -0.454 e. The van der Waals surface area contributed by atoms with Gasteiger partial charge in [-0.15, -0.1) is 11.8 Å². The number of thioether (sulfide) groups is 1. The third-order valence-electron chi connectivity index (χ3n) is 6.44. The summed E-state index contributed by atoms with van der Waals surface area (Å²) in [6, 6.07) is 9.40. The van der Waals surface area contributed by atoms with E-state index in [-0.39, 0.29) is 0 Å². The Kier molecular flexibility index (Phi) is 9.93. The first kappa shape index (κ1) is 29.0. The maximum absolute atomic E-state index is 15.1. The summed E-state index contributed by atoms with van der Waals surface area (Å²) < 4.78 is 50.3. The van der Waals surface area contributed by atoms with Crippen LogP contribution in [-0.2, 0) is 38.0 Å². The summed E-state index contributed by atoms with van der Waals surface area (Å²) >= 11 is 1.30. The number of hydrogen-bond donors (Lipinski definition) is 0. The number of halogens is 1.